The zero-order valence-electron chi connectivity index (χ0n) is 21.4. The van der Waals surface area contributed by atoms with Gasteiger partial charge in [-0.3, -0.25) is 14.5 Å². The monoisotopic (exact) mass is 670 g/mol. The molecule has 1 fully saturated rings. The summed E-state index contributed by atoms with van der Waals surface area (Å²) in [7, 11) is 0. The molecule has 0 bridgehead atoms. The van der Waals surface area contributed by atoms with E-state index in [1.807, 2.05) is 18.2 Å². The van der Waals surface area contributed by atoms with Crippen LogP contribution in [0.1, 0.15) is 6.92 Å². The Bertz CT molecular complexity index is 1780. The Kier molecular flexibility index (Phi) is 8.88. The SMILES string of the molecule is CCN1\C(=C/C=C/C=c2\o/c(=C3\SC(=S)N(CC(=O)[O-])C3=O)n(COc3ccccc3)c2=O)Sc2ccc(Br)cc21. The maximum atomic E-state index is 13.4. The number of carboxylic acid groups (broad SMARTS) is 1. The van der Waals surface area contributed by atoms with Crippen molar-refractivity contribution >= 4 is 84.5 Å². The number of aromatic nitrogens is 1. The van der Waals surface area contributed by atoms with E-state index in [9.17, 15) is 19.5 Å². The van der Waals surface area contributed by atoms with Gasteiger partial charge in [0.1, 0.15) is 15.0 Å². The number of benzene rings is 2. The topological polar surface area (TPSA) is 108 Å². The van der Waals surface area contributed by atoms with Crippen LogP contribution in [0.3, 0.4) is 0 Å². The number of carbonyl (C=O) groups excluding carboxylic acids is 2. The number of hydrogen-bond donors (Lipinski definition) is 0. The summed E-state index contributed by atoms with van der Waals surface area (Å²) in [4.78, 5) is 41.7. The molecule has 0 radical (unpaired) electrons. The number of hydrogen-bond acceptors (Lipinski definition) is 10. The zero-order valence-corrected chi connectivity index (χ0v) is 25.5. The number of amides is 1. The van der Waals surface area contributed by atoms with Crippen molar-refractivity contribution in [3.05, 3.63) is 97.6 Å². The summed E-state index contributed by atoms with van der Waals surface area (Å²) >= 11 is 11.2. The lowest BCUT2D eigenvalue weighted by Gasteiger charge is -2.17. The largest absolute Gasteiger partial charge is 0.548 e. The summed E-state index contributed by atoms with van der Waals surface area (Å²) in [5, 5.41) is 12.2. The Morgan fingerprint density at radius 1 is 1.10 bits per heavy atom. The Labute approximate surface area is 256 Å². The van der Waals surface area contributed by atoms with Crippen LogP contribution in [0.25, 0.3) is 11.0 Å². The number of carbonyl (C=O) groups is 2. The fourth-order valence-electron chi connectivity index (χ4n) is 4.07. The molecule has 9 nitrogen and oxygen atoms in total. The van der Waals surface area contributed by atoms with E-state index in [0.29, 0.717) is 5.75 Å². The number of halogens is 1. The number of rotatable bonds is 8. The van der Waals surface area contributed by atoms with Crippen LogP contribution < -0.4 is 31.3 Å². The zero-order chi connectivity index (χ0) is 29.1. The predicted molar refractivity (Wildman–Crippen MR) is 164 cm³/mol. The number of thioether (sulfide) groups is 2. The van der Waals surface area contributed by atoms with Crippen molar-refractivity contribution in [3.8, 4) is 5.75 Å². The smallest absolute Gasteiger partial charge is 0.299 e. The molecule has 1 amide bonds. The highest BCUT2D eigenvalue weighted by atomic mass is 79.9. The lowest BCUT2D eigenvalue weighted by Crippen LogP contribution is -2.41. The van der Waals surface area contributed by atoms with Crippen LogP contribution in [0, 0.1) is 0 Å². The van der Waals surface area contributed by atoms with Crippen LogP contribution in [-0.4, -0.2) is 38.8 Å². The van der Waals surface area contributed by atoms with Gasteiger partial charge >= 0.3 is 0 Å². The first-order valence-electron chi connectivity index (χ1n) is 12.3. The second-order valence-electron chi connectivity index (χ2n) is 8.57. The van der Waals surface area contributed by atoms with Gasteiger partial charge in [0.2, 0.25) is 5.55 Å². The van der Waals surface area contributed by atoms with Gasteiger partial charge in [-0.05, 0) is 61.2 Å². The lowest BCUT2D eigenvalue weighted by atomic mass is 10.3. The van der Waals surface area contributed by atoms with Crippen molar-refractivity contribution in [1.82, 2.24) is 9.47 Å². The average molecular weight is 672 g/mol. The highest BCUT2D eigenvalue weighted by Gasteiger charge is 2.35. The van der Waals surface area contributed by atoms with E-state index >= 15 is 0 Å². The molecule has 2 aliphatic rings. The first-order valence-corrected chi connectivity index (χ1v) is 15.1. The Hall–Kier alpha value is -3.52. The van der Waals surface area contributed by atoms with E-state index in [-0.39, 0.29) is 26.9 Å². The van der Waals surface area contributed by atoms with Crippen LogP contribution in [0.4, 0.5) is 5.69 Å². The minimum Gasteiger partial charge on any atom is -0.548 e. The molecule has 0 aliphatic carbocycles. The maximum Gasteiger partial charge on any atom is 0.299 e. The maximum absolute atomic E-state index is 13.4. The first kappa shape index (κ1) is 29.0. The number of nitrogens with zero attached hydrogens (tertiary/aromatic N) is 3. The molecule has 5 rings (SSSR count). The molecule has 0 atom stereocenters. The molecule has 2 aliphatic heterocycles. The van der Waals surface area contributed by atoms with Crippen molar-refractivity contribution < 1.29 is 23.8 Å². The standard InChI is InChI=1S/C28H22BrN3O6S3/c1-2-30-19-14-17(29)12-13-21(19)40-22(30)11-7-6-10-20-25(35)32(16-37-18-8-4-3-5-9-18)27(38-20)24-26(36)31(15-23(33)34)28(39)41-24/h3-14H,2,15-16H2,1H3,(H,33,34)/p-1/b7-6+,20-10-,22-11+,27-24-. The fraction of sp³-hybridized carbons (Fsp3) is 0.143. The number of para-hydroxylation sites is 1. The highest BCUT2D eigenvalue weighted by Crippen LogP contribution is 2.46. The molecule has 0 saturated carbocycles. The summed E-state index contributed by atoms with van der Waals surface area (Å²) in [5.41, 5.74) is 0.483. The van der Waals surface area contributed by atoms with E-state index in [1.165, 1.54) is 10.6 Å². The highest BCUT2D eigenvalue weighted by molar-refractivity contribution is 9.10. The van der Waals surface area contributed by atoms with Gasteiger partial charge in [-0.2, -0.15) is 0 Å². The minimum absolute atomic E-state index is 0.0133. The summed E-state index contributed by atoms with van der Waals surface area (Å²) in [6.07, 6.45) is 6.93. The fourth-order valence-corrected chi connectivity index (χ4v) is 6.81. The minimum atomic E-state index is -1.46. The Morgan fingerprint density at radius 3 is 2.59 bits per heavy atom. The quantitative estimate of drug-likeness (QED) is 0.332. The normalized spacial score (nSPS) is 17.8. The molecule has 13 heteroatoms. The van der Waals surface area contributed by atoms with Gasteiger partial charge in [0.05, 0.1) is 23.2 Å². The van der Waals surface area contributed by atoms with E-state index < -0.39 is 24.0 Å². The van der Waals surface area contributed by atoms with Gasteiger partial charge in [0.25, 0.3) is 11.5 Å². The van der Waals surface area contributed by atoms with Gasteiger partial charge in [-0.15, -0.1) is 0 Å². The summed E-state index contributed by atoms with van der Waals surface area (Å²) < 4.78 is 13.8. The molecule has 0 spiro atoms. The third-order valence-corrected chi connectivity index (χ3v) is 8.99. The third-order valence-electron chi connectivity index (χ3n) is 5.95. The molecule has 0 unspecified atom stereocenters. The number of oxazole rings is 1. The predicted octanol–water partition coefficient (Wildman–Crippen LogP) is 2.77. The number of anilines is 1. The molecule has 3 heterocycles. The molecule has 1 saturated heterocycles. The number of aliphatic carboxylic acids is 1. The molecule has 3 aromatic rings. The van der Waals surface area contributed by atoms with E-state index in [2.05, 4.69) is 39.9 Å². The van der Waals surface area contributed by atoms with Crippen LogP contribution in [0.15, 0.2) is 90.4 Å². The number of fused-ring (bicyclic) bond motifs is 1. The van der Waals surface area contributed by atoms with Crippen molar-refractivity contribution in [2.24, 2.45) is 0 Å². The van der Waals surface area contributed by atoms with Crippen LogP contribution in [0.5, 0.6) is 5.75 Å². The van der Waals surface area contributed by atoms with Gasteiger partial charge in [0, 0.05) is 15.9 Å². The molecule has 2 aromatic carbocycles. The van der Waals surface area contributed by atoms with Crippen LogP contribution in [0.2, 0.25) is 0 Å². The van der Waals surface area contributed by atoms with Crippen LogP contribution in [-0.2, 0) is 16.3 Å². The van der Waals surface area contributed by atoms with Gasteiger partial charge in [0.15, 0.2) is 12.1 Å². The number of carboxylic acids is 1. The second kappa shape index (κ2) is 12.6. The van der Waals surface area contributed by atoms with Crippen molar-refractivity contribution in [3.63, 3.8) is 0 Å². The van der Waals surface area contributed by atoms with Gasteiger partial charge in [-0.1, -0.05) is 70.3 Å². The van der Waals surface area contributed by atoms with Crippen molar-refractivity contribution in [1.29, 1.82) is 0 Å². The van der Waals surface area contributed by atoms with Gasteiger partial charge < -0.3 is 24.0 Å². The second-order valence-corrected chi connectivity index (χ2v) is 12.2. The van der Waals surface area contributed by atoms with Crippen LogP contribution >= 0.6 is 51.7 Å². The Morgan fingerprint density at radius 2 is 1.85 bits per heavy atom. The van der Waals surface area contributed by atoms with Crippen molar-refractivity contribution in [2.75, 3.05) is 18.0 Å². The van der Waals surface area contributed by atoms with E-state index in [1.54, 1.807) is 48.2 Å². The average Bonchev–Trinajstić information content (AvgIpc) is 3.56. The van der Waals surface area contributed by atoms with Gasteiger partial charge in [-0.25, -0.2) is 4.57 Å². The first-order chi connectivity index (χ1) is 19.8. The summed E-state index contributed by atoms with van der Waals surface area (Å²) in [5.74, 6) is -1.64. The Balaban J connectivity index is 1.50. The number of allylic oxidation sites excluding steroid dienone is 3. The third kappa shape index (κ3) is 6.22. The number of thiocarbonyl (C=S) groups is 1. The summed E-state index contributed by atoms with van der Waals surface area (Å²) in [6, 6.07) is 15.0. The molecule has 41 heavy (non-hydrogen) atoms. The molecule has 210 valence electrons. The lowest BCUT2D eigenvalue weighted by molar-refractivity contribution is -0.305. The molecule has 0 N–H and O–H groups in total. The van der Waals surface area contributed by atoms with E-state index in [4.69, 9.17) is 21.4 Å². The number of ether oxygens (including phenoxy) is 1. The molecular formula is C28H21BrN3O6S3-. The molecule has 1 aromatic heterocycles. The van der Waals surface area contributed by atoms with E-state index in [0.717, 1.165) is 43.3 Å². The van der Waals surface area contributed by atoms with Crippen molar-refractivity contribution in [2.45, 2.75) is 18.6 Å². The summed E-state index contributed by atoms with van der Waals surface area (Å²) in [6.45, 7) is 1.91. The molecular weight excluding hydrogens is 650 g/mol.